The molecule has 0 aliphatic rings. The Morgan fingerprint density at radius 3 is 2.74 bits per heavy atom. The van der Waals surface area contributed by atoms with Crippen molar-refractivity contribution >= 4 is 21.6 Å². The minimum absolute atomic E-state index is 0.685. The van der Waals surface area contributed by atoms with E-state index in [1.54, 1.807) is 19.5 Å². The van der Waals surface area contributed by atoms with Gasteiger partial charge in [0.1, 0.15) is 17.2 Å². The van der Waals surface area contributed by atoms with Gasteiger partial charge in [0.15, 0.2) is 0 Å². The van der Waals surface area contributed by atoms with Gasteiger partial charge in [-0.05, 0) is 41.1 Å². The van der Waals surface area contributed by atoms with Gasteiger partial charge in [-0.3, -0.25) is 4.98 Å². The van der Waals surface area contributed by atoms with Crippen LogP contribution in [0.15, 0.2) is 41.1 Å². The number of methoxy groups -OCH3 is 1. The maximum Gasteiger partial charge on any atom is 0.147 e. The first-order valence-electron chi connectivity index (χ1n) is 5.93. The average Bonchev–Trinajstić information content (AvgIpc) is 2.42. The summed E-state index contributed by atoms with van der Waals surface area (Å²) < 4.78 is 11.8. The van der Waals surface area contributed by atoms with Gasteiger partial charge in [-0.1, -0.05) is 0 Å². The Morgan fingerprint density at radius 2 is 2.05 bits per heavy atom. The highest BCUT2D eigenvalue weighted by Gasteiger charge is 2.05. The number of nitrogens with zero attached hydrogens (tertiary/aromatic N) is 1. The smallest absolute Gasteiger partial charge is 0.147 e. The highest BCUT2D eigenvalue weighted by Crippen LogP contribution is 2.33. The molecule has 0 spiro atoms. The molecule has 1 aromatic carbocycles. The molecule has 0 radical (unpaired) electrons. The van der Waals surface area contributed by atoms with Gasteiger partial charge in [-0.15, -0.1) is 0 Å². The average molecular weight is 323 g/mol. The molecule has 2 rings (SSSR count). The Labute approximate surface area is 120 Å². The third-order valence-electron chi connectivity index (χ3n) is 2.46. The number of anilines is 1. The molecule has 0 saturated carbocycles. The van der Waals surface area contributed by atoms with E-state index in [0.29, 0.717) is 5.75 Å². The lowest BCUT2D eigenvalue weighted by molar-refractivity contribution is 0.412. The predicted molar refractivity (Wildman–Crippen MR) is 79.2 cm³/mol. The number of halogens is 1. The van der Waals surface area contributed by atoms with E-state index in [2.05, 4.69) is 26.2 Å². The molecule has 0 saturated heterocycles. The number of nitrogens with one attached hydrogen (secondary N) is 1. The number of ether oxygens (including phenoxy) is 2. The second-order valence-electron chi connectivity index (χ2n) is 3.84. The van der Waals surface area contributed by atoms with Crippen molar-refractivity contribution in [2.24, 2.45) is 0 Å². The Bertz CT molecular complexity index is 561. The van der Waals surface area contributed by atoms with Gasteiger partial charge in [0.2, 0.25) is 0 Å². The van der Waals surface area contributed by atoms with Crippen LogP contribution in [0.5, 0.6) is 17.2 Å². The van der Waals surface area contributed by atoms with Crippen LogP contribution in [-0.4, -0.2) is 18.6 Å². The van der Waals surface area contributed by atoms with E-state index in [1.165, 1.54) is 0 Å². The minimum Gasteiger partial charge on any atom is -0.497 e. The lowest BCUT2D eigenvalue weighted by Crippen LogP contribution is -1.97. The summed E-state index contributed by atoms with van der Waals surface area (Å²) in [6.07, 6.45) is 3.44. The van der Waals surface area contributed by atoms with E-state index in [9.17, 15) is 0 Å². The maximum atomic E-state index is 5.79. The van der Waals surface area contributed by atoms with Crippen molar-refractivity contribution in [3.8, 4) is 17.2 Å². The molecular weight excluding hydrogens is 308 g/mol. The molecule has 0 amide bonds. The zero-order valence-corrected chi connectivity index (χ0v) is 12.4. The second kappa shape index (κ2) is 6.43. The van der Waals surface area contributed by atoms with Crippen LogP contribution >= 0.6 is 15.9 Å². The summed E-state index contributed by atoms with van der Waals surface area (Å²) in [6, 6.07) is 7.47. The third-order valence-corrected chi connectivity index (χ3v) is 3.08. The molecule has 0 aliphatic heterocycles. The molecule has 0 atom stereocenters. The summed E-state index contributed by atoms with van der Waals surface area (Å²) >= 11 is 3.45. The molecule has 1 aromatic heterocycles. The summed E-state index contributed by atoms with van der Waals surface area (Å²) in [4.78, 5) is 4.14. The molecule has 1 heterocycles. The van der Waals surface area contributed by atoms with Gasteiger partial charge >= 0.3 is 0 Å². The van der Waals surface area contributed by atoms with E-state index in [1.807, 2.05) is 31.2 Å². The zero-order chi connectivity index (χ0) is 13.7. The molecule has 2 aromatic rings. The van der Waals surface area contributed by atoms with Crippen molar-refractivity contribution in [2.45, 2.75) is 6.92 Å². The lowest BCUT2D eigenvalue weighted by atomic mass is 10.3. The number of hydrogen-bond acceptors (Lipinski definition) is 4. The van der Waals surface area contributed by atoms with E-state index in [0.717, 1.165) is 28.2 Å². The Balaban J connectivity index is 2.18. The number of aromatic nitrogens is 1. The monoisotopic (exact) mass is 322 g/mol. The van der Waals surface area contributed by atoms with Crippen molar-refractivity contribution in [1.82, 2.24) is 4.98 Å². The van der Waals surface area contributed by atoms with Crippen LogP contribution in [0.2, 0.25) is 0 Å². The van der Waals surface area contributed by atoms with Crippen LogP contribution < -0.4 is 14.8 Å². The first kappa shape index (κ1) is 13.7. The lowest BCUT2D eigenvalue weighted by Gasteiger charge is -2.10. The summed E-state index contributed by atoms with van der Waals surface area (Å²) in [5.41, 5.74) is 0.935. The molecule has 100 valence electrons. The standard InChI is InChI=1S/C14H15BrN2O2/c1-3-17-10-6-12(9-16-8-10)19-14-5-4-11(18-2)7-13(14)15/h4-9,17H,3H2,1-2H3. The van der Waals surface area contributed by atoms with E-state index in [-0.39, 0.29) is 0 Å². The van der Waals surface area contributed by atoms with Crippen LogP contribution in [0.3, 0.4) is 0 Å². The molecule has 0 fully saturated rings. The van der Waals surface area contributed by atoms with Gasteiger partial charge in [0, 0.05) is 12.6 Å². The third kappa shape index (κ3) is 3.61. The molecule has 1 N–H and O–H groups in total. The first-order chi connectivity index (χ1) is 9.22. The van der Waals surface area contributed by atoms with Crippen molar-refractivity contribution in [2.75, 3.05) is 19.0 Å². The summed E-state index contributed by atoms with van der Waals surface area (Å²) in [7, 11) is 1.63. The molecule has 4 nitrogen and oxygen atoms in total. The molecule has 0 bridgehead atoms. The molecule has 0 unspecified atom stereocenters. The number of rotatable bonds is 5. The largest absolute Gasteiger partial charge is 0.497 e. The fraction of sp³-hybridized carbons (Fsp3) is 0.214. The highest BCUT2D eigenvalue weighted by molar-refractivity contribution is 9.10. The minimum atomic E-state index is 0.685. The topological polar surface area (TPSA) is 43.4 Å². The van der Waals surface area contributed by atoms with Crippen molar-refractivity contribution < 1.29 is 9.47 Å². The van der Waals surface area contributed by atoms with Crippen molar-refractivity contribution in [3.63, 3.8) is 0 Å². The number of hydrogen-bond donors (Lipinski definition) is 1. The first-order valence-corrected chi connectivity index (χ1v) is 6.72. The summed E-state index contributed by atoms with van der Waals surface area (Å²) in [5.74, 6) is 2.18. The van der Waals surface area contributed by atoms with Crippen molar-refractivity contribution in [1.29, 1.82) is 0 Å². The van der Waals surface area contributed by atoms with Gasteiger partial charge < -0.3 is 14.8 Å². The van der Waals surface area contributed by atoms with E-state index >= 15 is 0 Å². The summed E-state index contributed by atoms with van der Waals surface area (Å²) in [6.45, 7) is 2.88. The van der Waals surface area contributed by atoms with E-state index < -0.39 is 0 Å². The van der Waals surface area contributed by atoms with Crippen LogP contribution in [0, 0.1) is 0 Å². The molecule has 5 heteroatoms. The highest BCUT2D eigenvalue weighted by atomic mass is 79.9. The molecule has 19 heavy (non-hydrogen) atoms. The van der Waals surface area contributed by atoms with Crippen LogP contribution in [0.4, 0.5) is 5.69 Å². The van der Waals surface area contributed by atoms with Crippen molar-refractivity contribution in [3.05, 3.63) is 41.1 Å². The predicted octanol–water partition coefficient (Wildman–Crippen LogP) is 4.08. The van der Waals surface area contributed by atoms with Gasteiger partial charge in [-0.25, -0.2) is 0 Å². The quantitative estimate of drug-likeness (QED) is 0.900. The maximum absolute atomic E-state index is 5.79. The Morgan fingerprint density at radius 1 is 1.21 bits per heavy atom. The number of pyridine rings is 1. The van der Waals surface area contributed by atoms with Gasteiger partial charge in [-0.2, -0.15) is 0 Å². The number of benzene rings is 1. The fourth-order valence-corrected chi connectivity index (χ4v) is 2.03. The van der Waals surface area contributed by atoms with E-state index in [4.69, 9.17) is 9.47 Å². The SMILES string of the molecule is CCNc1cncc(Oc2ccc(OC)cc2Br)c1. The van der Waals surface area contributed by atoms with Crippen LogP contribution in [0.25, 0.3) is 0 Å². The molecule has 0 aliphatic carbocycles. The van der Waals surface area contributed by atoms with Crippen LogP contribution in [-0.2, 0) is 0 Å². The van der Waals surface area contributed by atoms with Crippen LogP contribution in [0.1, 0.15) is 6.92 Å². The normalized spacial score (nSPS) is 10.1. The second-order valence-corrected chi connectivity index (χ2v) is 4.69. The zero-order valence-electron chi connectivity index (χ0n) is 10.8. The fourth-order valence-electron chi connectivity index (χ4n) is 1.59. The molecular formula is C14H15BrN2O2. The van der Waals surface area contributed by atoms with Gasteiger partial charge in [0.25, 0.3) is 0 Å². The summed E-state index contributed by atoms with van der Waals surface area (Å²) in [5, 5.41) is 3.19. The van der Waals surface area contributed by atoms with Gasteiger partial charge in [0.05, 0.1) is 29.7 Å². The Hall–Kier alpha value is -1.75. The Kier molecular flexibility index (Phi) is 4.63.